The average Bonchev–Trinajstić information content (AvgIpc) is 2.57. The highest BCUT2D eigenvalue weighted by Crippen LogP contribution is 2.03. The summed E-state index contributed by atoms with van der Waals surface area (Å²) in [6.07, 6.45) is 2.94. The smallest absolute Gasteiger partial charge is 0.242 e. The second-order valence-corrected chi connectivity index (χ2v) is 2.77. The van der Waals surface area contributed by atoms with E-state index in [1.807, 2.05) is 6.92 Å². The van der Waals surface area contributed by atoms with E-state index in [4.69, 9.17) is 5.73 Å². The van der Waals surface area contributed by atoms with Gasteiger partial charge in [-0.15, -0.1) is 0 Å². The van der Waals surface area contributed by atoms with E-state index in [0.717, 1.165) is 6.42 Å². The quantitative estimate of drug-likeness (QED) is 0.721. The van der Waals surface area contributed by atoms with Crippen molar-refractivity contribution in [3.63, 3.8) is 0 Å². The number of amides is 1. The lowest BCUT2D eigenvalue weighted by atomic mass is 10.2. The molecule has 1 aromatic rings. The van der Waals surface area contributed by atoms with Crippen molar-refractivity contribution in [1.29, 1.82) is 0 Å². The van der Waals surface area contributed by atoms with Crippen molar-refractivity contribution in [2.24, 2.45) is 5.73 Å². The highest BCUT2D eigenvalue weighted by atomic mass is 16.5. The number of nitrogens with one attached hydrogen (secondary N) is 1. The minimum absolute atomic E-state index is 0.226. The fraction of sp³-hybridized carbons (Fsp3) is 0.500. The SMILES string of the molecule is CCC[C@@H](N)C(=O)Nc1ccon1. The van der Waals surface area contributed by atoms with Crippen LogP contribution >= 0.6 is 0 Å². The zero-order chi connectivity index (χ0) is 9.68. The molecule has 0 spiro atoms. The standard InChI is InChI=1S/C8H13N3O2/c1-2-3-6(9)8(12)10-7-4-5-13-11-7/h4-6H,2-3,9H2,1H3,(H,10,11,12)/t6-/m1/s1. The Labute approximate surface area is 76.3 Å². The third kappa shape index (κ3) is 2.87. The van der Waals surface area contributed by atoms with Gasteiger partial charge in [0, 0.05) is 6.07 Å². The van der Waals surface area contributed by atoms with Gasteiger partial charge in [-0.1, -0.05) is 18.5 Å². The van der Waals surface area contributed by atoms with Crippen LogP contribution in [0.1, 0.15) is 19.8 Å². The summed E-state index contributed by atoms with van der Waals surface area (Å²) in [5, 5.41) is 6.07. The van der Waals surface area contributed by atoms with E-state index in [0.29, 0.717) is 12.2 Å². The Kier molecular flexibility index (Phi) is 3.45. The highest BCUT2D eigenvalue weighted by Gasteiger charge is 2.12. The Hall–Kier alpha value is -1.36. The van der Waals surface area contributed by atoms with Crippen molar-refractivity contribution in [2.45, 2.75) is 25.8 Å². The van der Waals surface area contributed by atoms with E-state index < -0.39 is 6.04 Å². The van der Waals surface area contributed by atoms with Crippen LogP contribution < -0.4 is 11.1 Å². The molecular formula is C8H13N3O2. The van der Waals surface area contributed by atoms with Crippen LogP contribution in [-0.2, 0) is 4.79 Å². The van der Waals surface area contributed by atoms with Crippen LogP contribution in [-0.4, -0.2) is 17.1 Å². The van der Waals surface area contributed by atoms with Gasteiger partial charge < -0.3 is 15.6 Å². The first-order chi connectivity index (χ1) is 6.24. The summed E-state index contributed by atoms with van der Waals surface area (Å²) in [5.74, 6) is 0.173. The number of nitrogens with two attached hydrogens (primary N) is 1. The fourth-order valence-corrected chi connectivity index (χ4v) is 0.938. The first-order valence-electron chi connectivity index (χ1n) is 4.21. The summed E-state index contributed by atoms with van der Waals surface area (Å²) in [7, 11) is 0. The van der Waals surface area contributed by atoms with Crippen LogP contribution in [0, 0.1) is 0 Å². The van der Waals surface area contributed by atoms with Crippen LogP contribution in [0.25, 0.3) is 0 Å². The average molecular weight is 183 g/mol. The van der Waals surface area contributed by atoms with E-state index in [1.54, 1.807) is 6.07 Å². The predicted molar refractivity (Wildman–Crippen MR) is 48.0 cm³/mol. The molecular weight excluding hydrogens is 170 g/mol. The summed E-state index contributed by atoms with van der Waals surface area (Å²) >= 11 is 0. The Balaban J connectivity index is 2.41. The molecule has 3 N–H and O–H groups in total. The minimum Gasteiger partial charge on any atom is -0.363 e. The van der Waals surface area contributed by atoms with E-state index >= 15 is 0 Å². The van der Waals surface area contributed by atoms with Crippen molar-refractivity contribution >= 4 is 11.7 Å². The van der Waals surface area contributed by atoms with Gasteiger partial charge in [0.15, 0.2) is 5.82 Å². The molecule has 0 aliphatic rings. The highest BCUT2D eigenvalue weighted by molar-refractivity contribution is 5.93. The van der Waals surface area contributed by atoms with Gasteiger partial charge in [0.05, 0.1) is 6.04 Å². The number of carbonyl (C=O) groups excluding carboxylic acids is 1. The van der Waals surface area contributed by atoms with E-state index in [-0.39, 0.29) is 5.91 Å². The number of hydrogen-bond acceptors (Lipinski definition) is 4. The molecule has 0 saturated heterocycles. The van der Waals surface area contributed by atoms with Crippen LogP contribution in [0.3, 0.4) is 0 Å². The lowest BCUT2D eigenvalue weighted by Crippen LogP contribution is -2.35. The van der Waals surface area contributed by atoms with E-state index in [2.05, 4.69) is 15.0 Å². The van der Waals surface area contributed by atoms with E-state index in [9.17, 15) is 4.79 Å². The zero-order valence-electron chi connectivity index (χ0n) is 7.49. The second kappa shape index (κ2) is 4.61. The van der Waals surface area contributed by atoms with Gasteiger partial charge in [-0.2, -0.15) is 0 Å². The van der Waals surface area contributed by atoms with Gasteiger partial charge >= 0.3 is 0 Å². The molecule has 1 amide bonds. The Morgan fingerprint density at radius 1 is 1.85 bits per heavy atom. The Bertz CT molecular complexity index is 258. The van der Waals surface area contributed by atoms with Crippen molar-refractivity contribution < 1.29 is 9.32 Å². The second-order valence-electron chi connectivity index (χ2n) is 2.77. The molecule has 0 aliphatic heterocycles. The van der Waals surface area contributed by atoms with Gasteiger partial charge in [-0.05, 0) is 6.42 Å². The summed E-state index contributed by atoms with van der Waals surface area (Å²) in [4.78, 5) is 11.3. The van der Waals surface area contributed by atoms with Crippen LogP contribution in [0.15, 0.2) is 16.9 Å². The minimum atomic E-state index is -0.471. The molecule has 1 atom stereocenters. The number of anilines is 1. The molecule has 5 heteroatoms. The molecule has 0 saturated carbocycles. The number of carbonyl (C=O) groups is 1. The summed E-state index contributed by atoms with van der Waals surface area (Å²) in [6.45, 7) is 1.98. The van der Waals surface area contributed by atoms with Crippen LogP contribution in [0.4, 0.5) is 5.82 Å². The first kappa shape index (κ1) is 9.73. The molecule has 13 heavy (non-hydrogen) atoms. The molecule has 0 unspecified atom stereocenters. The Morgan fingerprint density at radius 3 is 3.15 bits per heavy atom. The molecule has 0 radical (unpaired) electrons. The van der Waals surface area contributed by atoms with Gasteiger partial charge in [0.25, 0.3) is 0 Å². The van der Waals surface area contributed by atoms with Gasteiger partial charge in [0.2, 0.25) is 5.91 Å². The van der Waals surface area contributed by atoms with Gasteiger partial charge in [0.1, 0.15) is 6.26 Å². The molecule has 1 rings (SSSR count). The predicted octanol–water partition coefficient (Wildman–Crippen LogP) is 0.741. The summed E-state index contributed by atoms with van der Waals surface area (Å²) < 4.78 is 4.55. The topological polar surface area (TPSA) is 81.2 Å². The summed E-state index contributed by atoms with van der Waals surface area (Å²) in [6, 6.07) is 1.10. The Morgan fingerprint density at radius 2 is 2.62 bits per heavy atom. The maximum Gasteiger partial charge on any atom is 0.242 e. The number of nitrogens with zero attached hydrogens (tertiary/aromatic N) is 1. The normalized spacial score (nSPS) is 12.5. The van der Waals surface area contributed by atoms with Crippen LogP contribution in [0.2, 0.25) is 0 Å². The van der Waals surface area contributed by atoms with E-state index in [1.165, 1.54) is 6.26 Å². The lowest BCUT2D eigenvalue weighted by molar-refractivity contribution is -0.117. The number of aromatic nitrogens is 1. The lowest BCUT2D eigenvalue weighted by Gasteiger charge is -2.08. The zero-order valence-corrected chi connectivity index (χ0v) is 7.49. The molecule has 0 bridgehead atoms. The van der Waals surface area contributed by atoms with Crippen molar-refractivity contribution in [1.82, 2.24) is 5.16 Å². The maximum absolute atomic E-state index is 11.3. The molecule has 1 heterocycles. The third-order valence-corrected chi connectivity index (χ3v) is 1.63. The fourth-order valence-electron chi connectivity index (χ4n) is 0.938. The number of hydrogen-bond donors (Lipinski definition) is 2. The molecule has 5 nitrogen and oxygen atoms in total. The monoisotopic (exact) mass is 183 g/mol. The summed E-state index contributed by atoms with van der Waals surface area (Å²) in [5.41, 5.74) is 5.57. The maximum atomic E-state index is 11.3. The molecule has 0 aromatic carbocycles. The van der Waals surface area contributed by atoms with Crippen LogP contribution in [0.5, 0.6) is 0 Å². The molecule has 0 fully saturated rings. The van der Waals surface area contributed by atoms with Crippen molar-refractivity contribution in [3.8, 4) is 0 Å². The van der Waals surface area contributed by atoms with Gasteiger partial charge in [-0.3, -0.25) is 4.79 Å². The molecule has 72 valence electrons. The number of rotatable bonds is 4. The van der Waals surface area contributed by atoms with Gasteiger partial charge in [-0.25, -0.2) is 0 Å². The third-order valence-electron chi connectivity index (χ3n) is 1.63. The van der Waals surface area contributed by atoms with Crippen molar-refractivity contribution in [2.75, 3.05) is 5.32 Å². The molecule has 1 aromatic heterocycles. The largest absolute Gasteiger partial charge is 0.363 e. The first-order valence-corrected chi connectivity index (χ1v) is 4.21. The van der Waals surface area contributed by atoms with Crippen molar-refractivity contribution in [3.05, 3.63) is 12.3 Å². The molecule has 0 aliphatic carbocycles.